The first-order valence-electron chi connectivity index (χ1n) is 6.79. The molecule has 1 unspecified atom stereocenters. The van der Waals surface area contributed by atoms with Crippen molar-refractivity contribution >= 4 is 0 Å². The van der Waals surface area contributed by atoms with Crippen molar-refractivity contribution in [3.8, 4) is 0 Å². The third-order valence-corrected chi connectivity index (χ3v) is 3.80. The van der Waals surface area contributed by atoms with Gasteiger partial charge in [-0.25, -0.2) is 0 Å². The van der Waals surface area contributed by atoms with Gasteiger partial charge in [-0.2, -0.15) is 0 Å². The maximum absolute atomic E-state index is 9.41. The van der Waals surface area contributed by atoms with Crippen molar-refractivity contribution in [2.45, 2.75) is 38.1 Å². The van der Waals surface area contributed by atoms with Crippen LogP contribution < -0.4 is 5.32 Å². The van der Waals surface area contributed by atoms with Gasteiger partial charge in [0.15, 0.2) is 0 Å². The summed E-state index contributed by atoms with van der Waals surface area (Å²) < 4.78 is 0. The minimum Gasteiger partial charge on any atom is -0.394 e. The van der Waals surface area contributed by atoms with Gasteiger partial charge in [0.25, 0.3) is 0 Å². The van der Waals surface area contributed by atoms with Crippen molar-refractivity contribution < 1.29 is 5.11 Å². The van der Waals surface area contributed by atoms with Crippen molar-refractivity contribution in [2.24, 2.45) is 5.92 Å². The maximum Gasteiger partial charge on any atom is 0.0626 e. The molecule has 0 radical (unpaired) electrons. The molecule has 0 saturated heterocycles. The predicted octanol–water partition coefficient (Wildman–Crippen LogP) is 2.89. The Morgan fingerprint density at radius 1 is 1.18 bits per heavy atom. The Bertz CT molecular complexity index is 306. The summed E-state index contributed by atoms with van der Waals surface area (Å²) in [4.78, 5) is 0. The van der Waals surface area contributed by atoms with Crippen LogP contribution in [0.25, 0.3) is 0 Å². The maximum atomic E-state index is 9.41. The van der Waals surface area contributed by atoms with Crippen molar-refractivity contribution in [3.05, 3.63) is 35.9 Å². The zero-order chi connectivity index (χ0) is 11.9. The Morgan fingerprint density at radius 3 is 2.53 bits per heavy atom. The molecule has 1 atom stereocenters. The minimum absolute atomic E-state index is 0.0950. The van der Waals surface area contributed by atoms with Crippen LogP contribution in [0, 0.1) is 5.92 Å². The summed E-state index contributed by atoms with van der Waals surface area (Å²) in [5.74, 6) is 0.914. The molecule has 0 amide bonds. The van der Waals surface area contributed by atoms with Gasteiger partial charge in [-0.05, 0) is 24.4 Å². The van der Waals surface area contributed by atoms with Crippen LogP contribution in [0.3, 0.4) is 0 Å². The molecular weight excluding hydrogens is 210 g/mol. The summed E-state index contributed by atoms with van der Waals surface area (Å²) in [5.41, 5.74) is 1.18. The average molecular weight is 233 g/mol. The Kier molecular flexibility index (Phi) is 5.02. The lowest BCUT2D eigenvalue weighted by Gasteiger charge is -2.18. The summed E-state index contributed by atoms with van der Waals surface area (Å²) in [6, 6.07) is 10.3. The van der Waals surface area contributed by atoms with Gasteiger partial charge in [-0.15, -0.1) is 0 Å². The summed E-state index contributed by atoms with van der Waals surface area (Å²) in [7, 11) is 0. The molecule has 0 bridgehead atoms. The minimum atomic E-state index is 0.0950. The number of hydrogen-bond donors (Lipinski definition) is 2. The number of hydrogen-bond acceptors (Lipinski definition) is 2. The molecule has 2 rings (SSSR count). The van der Waals surface area contributed by atoms with Crippen molar-refractivity contribution in [2.75, 3.05) is 13.2 Å². The Balaban J connectivity index is 1.75. The summed E-state index contributed by atoms with van der Waals surface area (Å²) in [6.45, 7) is 1.19. The van der Waals surface area contributed by atoms with E-state index in [9.17, 15) is 5.11 Å². The lowest BCUT2D eigenvalue weighted by Crippen LogP contribution is -2.26. The fraction of sp³-hybridized carbons (Fsp3) is 0.600. The second kappa shape index (κ2) is 6.77. The van der Waals surface area contributed by atoms with Gasteiger partial charge >= 0.3 is 0 Å². The van der Waals surface area contributed by atoms with E-state index in [0.29, 0.717) is 0 Å². The second-order valence-corrected chi connectivity index (χ2v) is 5.04. The molecule has 1 fully saturated rings. The molecule has 17 heavy (non-hydrogen) atoms. The van der Waals surface area contributed by atoms with E-state index in [-0.39, 0.29) is 12.6 Å². The van der Waals surface area contributed by atoms with Crippen LogP contribution in [0.4, 0.5) is 0 Å². The fourth-order valence-electron chi connectivity index (χ4n) is 2.73. The van der Waals surface area contributed by atoms with Crippen LogP contribution in [-0.4, -0.2) is 18.3 Å². The van der Waals surface area contributed by atoms with E-state index in [0.717, 1.165) is 12.5 Å². The zero-order valence-corrected chi connectivity index (χ0v) is 10.4. The monoisotopic (exact) mass is 233 g/mol. The van der Waals surface area contributed by atoms with Gasteiger partial charge in [0.1, 0.15) is 0 Å². The molecule has 1 aromatic rings. The standard InChI is InChI=1S/C15H23NO/c17-12-15(14-8-2-1-3-9-14)16-11-10-13-6-4-5-7-13/h1-3,8-9,13,15-17H,4-7,10-12H2. The van der Waals surface area contributed by atoms with E-state index in [2.05, 4.69) is 17.4 Å². The van der Waals surface area contributed by atoms with Crippen LogP contribution in [0.5, 0.6) is 0 Å². The molecule has 1 saturated carbocycles. The normalized spacial score (nSPS) is 18.4. The lowest BCUT2D eigenvalue weighted by molar-refractivity contribution is 0.242. The SMILES string of the molecule is OCC(NCCC1CCCC1)c1ccccc1. The number of aliphatic hydroxyl groups excluding tert-OH is 1. The van der Waals surface area contributed by atoms with Crippen LogP contribution >= 0.6 is 0 Å². The highest BCUT2D eigenvalue weighted by Gasteiger charge is 2.15. The van der Waals surface area contributed by atoms with Crippen molar-refractivity contribution in [3.63, 3.8) is 0 Å². The molecule has 0 aromatic heterocycles. The number of nitrogens with one attached hydrogen (secondary N) is 1. The molecule has 2 nitrogen and oxygen atoms in total. The summed E-state index contributed by atoms with van der Waals surface area (Å²) in [5, 5.41) is 12.9. The van der Waals surface area contributed by atoms with E-state index in [4.69, 9.17) is 0 Å². The first kappa shape index (κ1) is 12.6. The molecule has 0 aliphatic heterocycles. The largest absolute Gasteiger partial charge is 0.394 e. The van der Waals surface area contributed by atoms with Crippen molar-refractivity contribution in [1.29, 1.82) is 0 Å². The Hall–Kier alpha value is -0.860. The predicted molar refractivity (Wildman–Crippen MR) is 70.8 cm³/mol. The van der Waals surface area contributed by atoms with Crippen LogP contribution in [-0.2, 0) is 0 Å². The molecule has 94 valence electrons. The third kappa shape index (κ3) is 3.83. The first-order chi connectivity index (χ1) is 8.40. The Labute approximate surface area is 104 Å². The van der Waals surface area contributed by atoms with Gasteiger partial charge in [0.2, 0.25) is 0 Å². The number of rotatable bonds is 6. The van der Waals surface area contributed by atoms with Gasteiger partial charge < -0.3 is 10.4 Å². The number of benzene rings is 1. The second-order valence-electron chi connectivity index (χ2n) is 5.04. The van der Waals surface area contributed by atoms with Gasteiger partial charge in [-0.3, -0.25) is 0 Å². The van der Waals surface area contributed by atoms with Gasteiger partial charge in [-0.1, -0.05) is 56.0 Å². The van der Waals surface area contributed by atoms with Crippen LogP contribution in [0.15, 0.2) is 30.3 Å². The van der Waals surface area contributed by atoms with Crippen molar-refractivity contribution in [1.82, 2.24) is 5.32 Å². The lowest BCUT2D eigenvalue weighted by atomic mass is 10.0. The Morgan fingerprint density at radius 2 is 1.88 bits per heavy atom. The average Bonchev–Trinajstić information content (AvgIpc) is 2.89. The first-order valence-corrected chi connectivity index (χ1v) is 6.79. The van der Waals surface area contributed by atoms with E-state index >= 15 is 0 Å². The van der Waals surface area contributed by atoms with Gasteiger partial charge in [0, 0.05) is 0 Å². The number of aliphatic hydroxyl groups is 1. The fourth-order valence-corrected chi connectivity index (χ4v) is 2.73. The molecule has 1 aromatic carbocycles. The smallest absolute Gasteiger partial charge is 0.0626 e. The topological polar surface area (TPSA) is 32.3 Å². The van der Waals surface area contributed by atoms with E-state index < -0.39 is 0 Å². The quantitative estimate of drug-likeness (QED) is 0.792. The molecule has 2 heteroatoms. The molecule has 1 aliphatic carbocycles. The molecule has 0 spiro atoms. The summed E-state index contributed by atoms with van der Waals surface area (Å²) >= 11 is 0. The molecule has 0 heterocycles. The summed E-state index contributed by atoms with van der Waals surface area (Å²) in [6.07, 6.45) is 6.87. The van der Waals surface area contributed by atoms with Crippen LogP contribution in [0.1, 0.15) is 43.7 Å². The molecule has 1 aliphatic rings. The van der Waals surface area contributed by atoms with Gasteiger partial charge in [0.05, 0.1) is 12.6 Å². The molecular formula is C15H23NO. The van der Waals surface area contributed by atoms with Crippen LogP contribution in [0.2, 0.25) is 0 Å². The van der Waals surface area contributed by atoms with E-state index in [1.54, 1.807) is 0 Å². The highest BCUT2D eigenvalue weighted by atomic mass is 16.3. The third-order valence-electron chi connectivity index (χ3n) is 3.80. The van der Waals surface area contributed by atoms with E-state index in [1.165, 1.54) is 37.7 Å². The highest BCUT2D eigenvalue weighted by Crippen LogP contribution is 2.27. The highest BCUT2D eigenvalue weighted by molar-refractivity contribution is 5.18. The zero-order valence-electron chi connectivity index (χ0n) is 10.4. The van der Waals surface area contributed by atoms with E-state index in [1.807, 2.05) is 18.2 Å². The molecule has 2 N–H and O–H groups in total.